The second-order valence-corrected chi connectivity index (χ2v) is 34.6. The molecule has 0 aliphatic heterocycles. The predicted octanol–water partition coefficient (Wildman–Crippen LogP) is 25.3. The van der Waals surface area contributed by atoms with Gasteiger partial charge in [-0.1, -0.05) is 389 Å². The van der Waals surface area contributed by atoms with Gasteiger partial charge in [0.25, 0.3) is 0 Å². The molecule has 0 saturated carbocycles. The lowest BCUT2D eigenvalue weighted by atomic mass is 10.0. The molecule has 0 aliphatic carbocycles. The third-order valence-electron chi connectivity index (χ3n) is 19.6. The summed E-state index contributed by atoms with van der Waals surface area (Å²) in [6.45, 7) is 12.0. The van der Waals surface area contributed by atoms with Crippen LogP contribution in [0.1, 0.15) is 440 Å². The molecule has 0 rings (SSSR count). The van der Waals surface area contributed by atoms with Gasteiger partial charge in [0, 0.05) is 25.7 Å². The third-order valence-corrected chi connectivity index (χ3v) is 21.5. The second-order valence-electron chi connectivity index (χ2n) is 31.6. The van der Waals surface area contributed by atoms with Gasteiger partial charge in [0.05, 0.1) is 26.4 Å². The molecule has 0 aromatic carbocycles. The van der Waals surface area contributed by atoms with Gasteiger partial charge in [0.2, 0.25) is 0 Å². The van der Waals surface area contributed by atoms with Crippen LogP contribution in [-0.4, -0.2) is 96.7 Å². The number of phosphoric acid groups is 2. The topological polar surface area (TPSA) is 237 Å². The van der Waals surface area contributed by atoms with Crippen molar-refractivity contribution in [3.8, 4) is 0 Å². The fourth-order valence-corrected chi connectivity index (χ4v) is 14.6. The van der Waals surface area contributed by atoms with Gasteiger partial charge in [-0.05, 0) is 43.4 Å². The number of carbonyl (C=O) groups excluding carboxylic acids is 4. The molecule has 0 saturated heterocycles. The first-order chi connectivity index (χ1) is 49.7. The molecule has 5 atom stereocenters. The maximum Gasteiger partial charge on any atom is 0.472 e. The second kappa shape index (κ2) is 74.2. The van der Waals surface area contributed by atoms with Crippen molar-refractivity contribution >= 4 is 39.5 Å². The molecule has 0 aromatic heterocycles. The molecule has 17 nitrogen and oxygen atoms in total. The van der Waals surface area contributed by atoms with Crippen LogP contribution in [0, 0.1) is 17.8 Å². The number of aliphatic hydroxyl groups is 1. The number of phosphoric ester groups is 2. The Morgan fingerprint density at radius 3 is 0.660 bits per heavy atom. The lowest BCUT2D eigenvalue weighted by Gasteiger charge is -2.21. The zero-order valence-electron chi connectivity index (χ0n) is 67.8. The van der Waals surface area contributed by atoms with Crippen molar-refractivity contribution in [2.45, 2.75) is 458 Å². The van der Waals surface area contributed by atoms with Crippen molar-refractivity contribution in [3.05, 3.63) is 0 Å². The fraction of sp³-hybridized carbons (Fsp3) is 0.952. The van der Waals surface area contributed by atoms with Gasteiger partial charge in [-0.25, -0.2) is 9.13 Å². The Labute approximate surface area is 632 Å². The van der Waals surface area contributed by atoms with E-state index in [1.807, 2.05) is 0 Å². The fourth-order valence-electron chi connectivity index (χ4n) is 13.0. The van der Waals surface area contributed by atoms with Crippen molar-refractivity contribution in [3.63, 3.8) is 0 Å². The lowest BCUT2D eigenvalue weighted by molar-refractivity contribution is -0.161. The van der Waals surface area contributed by atoms with Crippen LogP contribution in [0.2, 0.25) is 0 Å². The minimum atomic E-state index is -4.96. The van der Waals surface area contributed by atoms with Crippen LogP contribution in [0.15, 0.2) is 0 Å². The Morgan fingerprint density at radius 1 is 0.262 bits per heavy atom. The first-order valence-electron chi connectivity index (χ1n) is 43.3. The van der Waals surface area contributed by atoms with Crippen LogP contribution < -0.4 is 0 Å². The summed E-state index contributed by atoms with van der Waals surface area (Å²) in [4.78, 5) is 73.2. The standard InChI is InChI=1S/C84H164O17P2/c1-8-9-10-11-12-13-14-30-37-44-51-58-65-81(86)94-71-79(100-83(88)67-60-53-46-39-32-25-19-16-22-28-35-42-49-56-63-76(4)5)73-98-102(90,91)96-69-78(85)70-97-103(92,93)99-74-80(101-84(89)68-61-54-47-40-33-26-20-17-23-29-36-43-50-57-64-77(6)7)72-95-82(87)66-59-52-45-38-31-24-18-15-21-27-34-41-48-55-62-75(2)3/h75-80,85H,8-74H2,1-7H3,(H,90,91)(H,92,93)/t78-,79+,80+/m0/s1. The zero-order valence-corrected chi connectivity index (χ0v) is 69.6. The van der Waals surface area contributed by atoms with Crippen molar-refractivity contribution in [2.75, 3.05) is 39.6 Å². The van der Waals surface area contributed by atoms with Crippen molar-refractivity contribution in [1.29, 1.82) is 0 Å². The molecule has 103 heavy (non-hydrogen) atoms. The molecular weight excluding hydrogens is 1340 g/mol. The van der Waals surface area contributed by atoms with Gasteiger partial charge in [0.15, 0.2) is 12.2 Å². The number of hydrogen-bond donors (Lipinski definition) is 3. The van der Waals surface area contributed by atoms with Gasteiger partial charge in [0.1, 0.15) is 19.3 Å². The Hall–Kier alpha value is -1.94. The summed E-state index contributed by atoms with van der Waals surface area (Å²) >= 11 is 0. The summed E-state index contributed by atoms with van der Waals surface area (Å²) in [7, 11) is -9.93. The van der Waals surface area contributed by atoms with Gasteiger partial charge in [-0.2, -0.15) is 0 Å². The van der Waals surface area contributed by atoms with E-state index >= 15 is 0 Å². The summed E-state index contributed by atoms with van der Waals surface area (Å²) in [5.74, 6) is 0.285. The first-order valence-corrected chi connectivity index (χ1v) is 46.3. The first kappa shape index (κ1) is 101. The van der Waals surface area contributed by atoms with Crippen LogP contribution in [0.3, 0.4) is 0 Å². The summed E-state index contributed by atoms with van der Waals surface area (Å²) in [5, 5.41) is 10.7. The molecule has 612 valence electrons. The molecule has 0 aliphatic rings. The Kier molecular flexibility index (Phi) is 72.8. The summed E-state index contributed by atoms with van der Waals surface area (Å²) in [6, 6.07) is 0. The van der Waals surface area contributed by atoms with Gasteiger partial charge >= 0.3 is 39.5 Å². The summed E-state index contributed by atoms with van der Waals surface area (Å²) in [5.41, 5.74) is 0. The van der Waals surface area contributed by atoms with Crippen LogP contribution in [0.5, 0.6) is 0 Å². The maximum absolute atomic E-state index is 13.1. The van der Waals surface area contributed by atoms with Crippen LogP contribution >= 0.6 is 15.6 Å². The van der Waals surface area contributed by atoms with E-state index in [0.717, 1.165) is 108 Å². The van der Waals surface area contributed by atoms with E-state index < -0.39 is 97.5 Å². The van der Waals surface area contributed by atoms with E-state index in [1.54, 1.807) is 0 Å². The molecule has 0 heterocycles. The van der Waals surface area contributed by atoms with Gasteiger partial charge in [-0.15, -0.1) is 0 Å². The number of carbonyl (C=O) groups is 4. The molecule has 3 N–H and O–H groups in total. The van der Waals surface area contributed by atoms with E-state index in [4.69, 9.17) is 37.0 Å². The smallest absolute Gasteiger partial charge is 0.462 e. The third kappa shape index (κ3) is 78.0. The normalized spacial score (nSPS) is 13.9. The monoisotopic (exact) mass is 1510 g/mol. The number of rotatable bonds is 82. The summed E-state index contributed by atoms with van der Waals surface area (Å²) < 4.78 is 68.9. The largest absolute Gasteiger partial charge is 0.472 e. The number of hydrogen-bond acceptors (Lipinski definition) is 15. The molecule has 0 amide bonds. The molecule has 0 fully saturated rings. The Bertz CT molecular complexity index is 1990. The number of esters is 4. The summed E-state index contributed by atoms with van der Waals surface area (Å²) in [6.07, 6.45) is 63.7. The number of ether oxygens (including phenoxy) is 4. The minimum absolute atomic E-state index is 0.108. The van der Waals surface area contributed by atoms with Crippen molar-refractivity contribution < 1.29 is 80.2 Å². The van der Waals surface area contributed by atoms with E-state index in [1.165, 1.54) is 250 Å². The minimum Gasteiger partial charge on any atom is -0.462 e. The Morgan fingerprint density at radius 2 is 0.447 bits per heavy atom. The molecule has 0 aromatic rings. The van der Waals surface area contributed by atoms with Crippen molar-refractivity contribution in [1.82, 2.24) is 0 Å². The van der Waals surface area contributed by atoms with Gasteiger partial charge < -0.3 is 33.8 Å². The molecule has 0 radical (unpaired) electrons. The average molecular weight is 1510 g/mol. The molecule has 0 spiro atoms. The van der Waals surface area contributed by atoms with E-state index in [-0.39, 0.29) is 25.7 Å². The average Bonchev–Trinajstić information content (AvgIpc) is 0.906. The maximum atomic E-state index is 13.1. The van der Waals surface area contributed by atoms with Gasteiger partial charge in [-0.3, -0.25) is 37.3 Å². The zero-order chi connectivity index (χ0) is 75.8. The van der Waals surface area contributed by atoms with E-state index in [2.05, 4.69) is 48.5 Å². The van der Waals surface area contributed by atoms with Crippen LogP contribution in [0.4, 0.5) is 0 Å². The predicted molar refractivity (Wildman–Crippen MR) is 423 cm³/mol. The number of unbranched alkanes of at least 4 members (excludes halogenated alkanes) is 50. The lowest BCUT2D eigenvalue weighted by Crippen LogP contribution is -2.30. The highest BCUT2D eigenvalue weighted by atomic mass is 31.2. The molecular formula is C84H164O17P2. The molecule has 2 unspecified atom stereocenters. The van der Waals surface area contributed by atoms with Crippen LogP contribution in [0.25, 0.3) is 0 Å². The quantitative estimate of drug-likeness (QED) is 0.0222. The Balaban J connectivity index is 5.27. The SMILES string of the molecule is CCCCCCCCCCCCCCC(=O)OC[C@H](COP(=O)(O)OC[C@H](O)COP(=O)(O)OC[C@@H](COC(=O)CCCCCCCCCCCCCCCCC(C)C)OC(=O)CCCCCCCCCCCCCCCCC(C)C)OC(=O)CCCCCCCCCCCCCCCCC(C)C. The highest BCUT2D eigenvalue weighted by Gasteiger charge is 2.30. The van der Waals surface area contributed by atoms with Crippen molar-refractivity contribution in [2.24, 2.45) is 17.8 Å². The van der Waals surface area contributed by atoms with Crippen LogP contribution in [-0.2, 0) is 65.4 Å². The van der Waals surface area contributed by atoms with E-state index in [0.29, 0.717) is 25.7 Å². The molecule has 19 heteroatoms. The number of aliphatic hydroxyl groups excluding tert-OH is 1. The van der Waals surface area contributed by atoms with E-state index in [9.17, 15) is 43.2 Å². The highest BCUT2D eigenvalue weighted by Crippen LogP contribution is 2.45. The molecule has 0 bridgehead atoms. The highest BCUT2D eigenvalue weighted by molar-refractivity contribution is 7.47.